The molecule has 2 aromatic rings. The zero-order chi connectivity index (χ0) is 16.8. The van der Waals surface area contributed by atoms with Gasteiger partial charge in [0.25, 0.3) is 0 Å². The predicted molar refractivity (Wildman–Crippen MR) is 93.1 cm³/mol. The van der Waals surface area contributed by atoms with Crippen molar-refractivity contribution in [1.29, 1.82) is 0 Å². The molecule has 6 heteroatoms. The van der Waals surface area contributed by atoms with Gasteiger partial charge >= 0.3 is 6.09 Å². The first-order chi connectivity index (χ1) is 11.7. The third kappa shape index (κ3) is 4.22. The SMILES string of the molecule is COC(=O)Nc1ccc(N2CCC(Cc3ccccc3)CC2)nn1. The van der Waals surface area contributed by atoms with Crippen molar-refractivity contribution in [2.75, 3.05) is 30.4 Å². The molecule has 126 valence electrons. The van der Waals surface area contributed by atoms with Crippen LogP contribution in [0, 0.1) is 5.92 Å². The van der Waals surface area contributed by atoms with Crippen molar-refractivity contribution in [2.24, 2.45) is 5.92 Å². The average Bonchev–Trinajstić information content (AvgIpc) is 2.64. The summed E-state index contributed by atoms with van der Waals surface area (Å²) >= 11 is 0. The maximum atomic E-state index is 11.1. The van der Waals surface area contributed by atoms with Gasteiger partial charge in [0.05, 0.1) is 7.11 Å². The van der Waals surface area contributed by atoms with E-state index in [0.29, 0.717) is 5.82 Å². The monoisotopic (exact) mass is 326 g/mol. The van der Waals surface area contributed by atoms with Crippen molar-refractivity contribution in [1.82, 2.24) is 10.2 Å². The van der Waals surface area contributed by atoms with Crippen LogP contribution in [-0.2, 0) is 11.2 Å². The molecule has 0 bridgehead atoms. The number of ether oxygens (including phenoxy) is 1. The topological polar surface area (TPSA) is 67.3 Å². The highest BCUT2D eigenvalue weighted by molar-refractivity contribution is 5.83. The van der Waals surface area contributed by atoms with Crippen LogP contribution in [0.1, 0.15) is 18.4 Å². The number of carbonyl (C=O) groups excluding carboxylic acids is 1. The second kappa shape index (κ2) is 7.77. The van der Waals surface area contributed by atoms with Gasteiger partial charge in [0.1, 0.15) is 0 Å². The number of hydrogen-bond acceptors (Lipinski definition) is 5. The molecule has 1 aromatic heterocycles. The molecule has 0 radical (unpaired) electrons. The third-order valence-electron chi connectivity index (χ3n) is 4.37. The van der Waals surface area contributed by atoms with Gasteiger partial charge in [-0.3, -0.25) is 5.32 Å². The Bertz CT molecular complexity index is 652. The van der Waals surface area contributed by atoms with E-state index in [-0.39, 0.29) is 0 Å². The van der Waals surface area contributed by atoms with Crippen LogP contribution in [0.3, 0.4) is 0 Å². The van der Waals surface area contributed by atoms with Crippen molar-refractivity contribution in [3.8, 4) is 0 Å². The highest BCUT2D eigenvalue weighted by atomic mass is 16.5. The molecule has 1 N–H and O–H groups in total. The fourth-order valence-corrected chi connectivity index (χ4v) is 3.03. The maximum Gasteiger partial charge on any atom is 0.412 e. The minimum Gasteiger partial charge on any atom is -0.453 e. The predicted octanol–water partition coefficient (Wildman–Crippen LogP) is 3.11. The number of methoxy groups -OCH3 is 1. The summed E-state index contributed by atoms with van der Waals surface area (Å²) in [6, 6.07) is 14.3. The van der Waals surface area contributed by atoms with Crippen LogP contribution in [0.15, 0.2) is 42.5 Å². The zero-order valence-electron chi connectivity index (χ0n) is 13.8. The van der Waals surface area contributed by atoms with Gasteiger partial charge in [0.15, 0.2) is 11.6 Å². The van der Waals surface area contributed by atoms with Gasteiger partial charge in [0.2, 0.25) is 0 Å². The summed E-state index contributed by atoms with van der Waals surface area (Å²) in [5, 5.41) is 10.7. The molecule has 0 spiro atoms. The molecule has 1 amide bonds. The Morgan fingerprint density at radius 1 is 1.17 bits per heavy atom. The van der Waals surface area contributed by atoms with Crippen LogP contribution in [0.2, 0.25) is 0 Å². The van der Waals surface area contributed by atoms with Crippen molar-refractivity contribution in [3.05, 3.63) is 48.0 Å². The molecule has 24 heavy (non-hydrogen) atoms. The van der Waals surface area contributed by atoms with E-state index in [1.54, 1.807) is 6.07 Å². The maximum absolute atomic E-state index is 11.1. The molecule has 0 aliphatic carbocycles. The summed E-state index contributed by atoms with van der Waals surface area (Å²) in [6.45, 7) is 1.96. The fraction of sp³-hybridized carbons (Fsp3) is 0.389. The summed E-state index contributed by atoms with van der Waals surface area (Å²) in [5.41, 5.74) is 1.41. The van der Waals surface area contributed by atoms with Crippen LogP contribution in [0.5, 0.6) is 0 Å². The summed E-state index contributed by atoms with van der Waals surface area (Å²) in [7, 11) is 1.32. The van der Waals surface area contributed by atoms with Crippen LogP contribution in [0.25, 0.3) is 0 Å². The van der Waals surface area contributed by atoms with Gasteiger partial charge in [-0.05, 0) is 42.9 Å². The fourth-order valence-electron chi connectivity index (χ4n) is 3.03. The number of amides is 1. The highest BCUT2D eigenvalue weighted by Gasteiger charge is 2.20. The second-order valence-electron chi connectivity index (χ2n) is 6.01. The molecule has 0 atom stereocenters. The average molecular weight is 326 g/mol. The number of anilines is 2. The summed E-state index contributed by atoms with van der Waals surface area (Å²) in [6.07, 6.45) is 2.90. The highest BCUT2D eigenvalue weighted by Crippen LogP contribution is 2.24. The van der Waals surface area contributed by atoms with Crippen molar-refractivity contribution in [3.63, 3.8) is 0 Å². The molecule has 1 aromatic carbocycles. The quantitative estimate of drug-likeness (QED) is 0.935. The zero-order valence-corrected chi connectivity index (χ0v) is 13.8. The molecule has 1 aliphatic heterocycles. The Balaban J connectivity index is 1.52. The van der Waals surface area contributed by atoms with E-state index in [2.05, 4.69) is 55.5 Å². The van der Waals surface area contributed by atoms with E-state index < -0.39 is 6.09 Å². The van der Waals surface area contributed by atoms with Gasteiger partial charge in [-0.25, -0.2) is 4.79 Å². The van der Waals surface area contributed by atoms with E-state index in [0.717, 1.165) is 44.1 Å². The molecule has 2 heterocycles. The normalized spacial score (nSPS) is 15.1. The van der Waals surface area contributed by atoms with E-state index in [1.807, 2.05) is 6.07 Å². The summed E-state index contributed by atoms with van der Waals surface area (Å²) in [4.78, 5) is 13.4. The number of nitrogens with zero attached hydrogens (tertiary/aromatic N) is 3. The lowest BCUT2D eigenvalue weighted by molar-refractivity contribution is 0.187. The van der Waals surface area contributed by atoms with Crippen molar-refractivity contribution in [2.45, 2.75) is 19.3 Å². The van der Waals surface area contributed by atoms with E-state index in [4.69, 9.17) is 0 Å². The Morgan fingerprint density at radius 3 is 2.54 bits per heavy atom. The van der Waals surface area contributed by atoms with Gasteiger partial charge < -0.3 is 9.64 Å². The number of piperidine rings is 1. The lowest BCUT2D eigenvalue weighted by atomic mass is 9.90. The van der Waals surface area contributed by atoms with Crippen LogP contribution < -0.4 is 10.2 Å². The summed E-state index contributed by atoms with van der Waals surface area (Å²) in [5.74, 6) is 1.96. The van der Waals surface area contributed by atoms with Gasteiger partial charge in [-0.15, -0.1) is 10.2 Å². The van der Waals surface area contributed by atoms with Gasteiger partial charge in [-0.2, -0.15) is 0 Å². The van der Waals surface area contributed by atoms with Crippen molar-refractivity contribution >= 4 is 17.7 Å². The number of hydrogen-bond donors (Lipinski definition) is 1. The molecular weight excluding hydrogens is 304 g/mol. The number of nitrogens with one attached hydrogen (secondary N) is 1. The van der Waals surface area contributed by atoms with E-state index in [1.165, 1.54) is 12.7 Å². The van der Waals surface area contributed by atoms with Crippen LogP contribution in [0.4, 0.5) is 16.4 Å². The molecular formula is C18H22N4O2. The minimum absolute atomic E-state index is 0.393. The molecule has 1 fully saturated rings. The molecule has 1 aliphatic rings. The van der Waals surface area contributed by atoms with Gasteiger partial charge in [0, 0.05) is 13.1 Å². The first-order valence-corrected chi connectivity index (χ1v) is 8.22. The lowest BCUT2D eigenvalue weighted by Crippen LogP contribution is -2.35. The Labute approximate surface area is 141 Å². The lowest BCUT2D eigenvalue weighted by Gasteiger charge is -2.32. The van der Waals surface area contributed by atoms with E-state index >= 15 is 0 Å². The number of carbonyl (C=O) groups is 1. The molecule has 1 saturated heterocycles. The van der Waals surface area contributed by atoms with Gasteiger partial charge in [-0.1, -0.05) is 30.3 Å². The number of rotatable bonds is 4. The minimum atomic E-state index is -0.543. The molecule has 3 rings (SSSR count). The Hall–Kier alpha value is -2.63. The first kappa shape index (κ1) is 16.2. The smallest absolute Gasteiger partial charge is 0.412 e. The largest absolute Gasteiger partial charge is 0.453 e. The summed E-state index contributed by atoms with van der Waals surface area (Å²) < 4.78 is 4.53. The molecule has 0 unspecified atom stereocenters. The Kier molecular flexibility index (Phi) is 5.25. The van der Waals surface area contributed by atoms with Crippen LogP contribution in [-0.4, -0.2) is 36.5 Å². The van der Waals surface area contributed by atoms with Crippen molar-refractivity contribution < 1.29 is 9.53 Å². The van der Waals surface area contributed by atoms with Crippen LogP contribution >= 0.6 is 0 Å². The Morgan fingerprint density at radius 2 is 1.92 bits per heavy atom. The standard InChI is InChI=1S/C18H22N4O2/c1-24-18(23)19-16-7-8-17(21-20-16)22-11-9-15(10-12-22)13-14-5-3-2-4-6-14/h2-8,15H,9-13H2,1H3,(H,19,20,23). The number of benzene rings is 1. The third-order valence-corrected chi connectivity index (χ3v) is 4.37. The molecule has 0 saturated carbocycles. The second-order valence-corrected chi connectivity index (χ2v) is 6.01. The van der Waals surface area contributed by atoms with E-state index in [9.17, 15) is 4.79 Å². The molecule has 6 nitrogen and oxygen atoms in total. The first-order valence-electron chi connectivity index (χ1n) is 8.22. The number of aromatic nitrogens is 2.